The second-order valence-electron chi connectivity index (χ2n) is 14.6. The number of aromatic nitrogens is 4. The molecule has 15 heteroatoms. The van der Waals surface area contributed by atoms with Crippen LogP contribution < -0.4 is 30.7 Å². The third-order valence-electron chi connectivity index (χ3n) is 10.9. The van der Waals surface area contributed by atoms with E-state index in [1.165, 1.54) is 6.07 Å². The number of pyridine rings is 1. The lowest BCUT2D eigenvalue weighted by atomic mass is 10.00. The Hall–Kier alpha value is -5.51. The Morgan fingerprint density at radius 2 is 1.65 bits per heavy atom. The maximum absolute atomic E-state index is 15.2. The zero-order valence-corrected chi connectivity index (χ0v) is 32.5. The monoisotopic (exact) mass is 779 g/mol. The molecule has 0 radical (unpaired) electrons. The number of halogens is 1. The number of hydrogen-bond donors (Lipinski definition) is 5. The second-order valence-corrected chi connectivity index (χ2v) is 14.6. The molecule has 5 aromatic rings. The summed E-state index contributed by atoms with van der Waals surface area (Å²) in [7, 11) is 0. The molecule has 3 aliphatic heterocycles. The van der Waals surface area contributed by atoms with Crippen molar-refractivity contribution in [2.24, 2.45) is 0 Å². The Balaban J connectivity index is 0.989. The highest BCUT2D eigenvalue weighted by molar-refractivity contribution is 6.03. The molecule has 14 nitrogen and oxygen atoms in total. The van der Waals surface area contributed by atoms with E-state index in [1.807, 2.05) is 42.9 Å². The van der Waals surface area contributed by atoms with Gasteiger partial charge >= 0.3 is 0 Å². The van der Waals surface area contributed by atoms with Gasteiger partial charge in [-0.05, 0) is 61.1 Å². The summed E-state index contributed by atoms with van der Waals surface area (Å²) in [4.78, 5) is 38.0. The van der Waals surface area contributed by atoms with Crippen molar-refractivity contribution in [1.82, 2.24) is 40.6 Å². The molecule has 2 saturated heterocycles. The van der Waals surface area contributed by atoms with E-state index < -0.39 is 11.8 Å². The fourth-order valence-corrected chi connectivity index (χ4v) is 7.84. The van der Waals surface area contributed by atoms with Crippen molar-refractivity contribution in [1.29, 1.82) is 0 Å². The highest BCUT2D eigenvalue weighted by Crippen LogP contribution is 2.38. The number of anilines is 1. The summed E-state index contributed by atoms with van der Waals surface area (Å²) in [6, 6.07) is 13.0. The van der Waals surface area contributed by atoms with Crippen LogP contribution in [0.2, 0.25) is 0 Å². The molecule has 0 bridgehead atoms. The predicted molar refractivity (Wildman–Crippen MR) is 214 cm³/mol. The number of benzene rings is 2. The van der Waals surface area contributed by atoms with Crippen molar-refractivity contribution < 1.29 is 28.2 Å². The van der Waals surface area contributed by atoms with Gasteiger partial charge in [0, 0.05) is 88.4 Å². The summed E-state index contributed by atoms with van der Waals surface area (Å²) in [5.41, 5.74) is 6.66. The van der Waals surface area contributed by atoms with Gasteiger partial charge in [-0.25, -0.2) is 14.1 Å². The molecule has 0 aliphatic carbocycles. The molecule has 2 aromatic carbocycles. The summed E-state index contributed by atoms with van der Waals surface area (Å²) in [6.07, 6.45) is 4.21. The van der Waals surface area contributed by atoms with Gasteiger partial charge in [-0.15, -0.1) is 0 Å². The van der Waals surface area contributed by atoms with E-state index in [9.17, 15) is 9.59 Å². The Morgan fingerprint density at radius 1 is 0.912 bits per heavy atom. The number of carbonyl (C=O) groups excluding carboxylic acids is 2. The van der Waals surface area contributed by atoms with Crippen LogP contribution in [0.15, 0.2) is 48.7 Å². The van der Waals surface area contributed by atoms with Crippen molar-refractivity contribution in [3.05, 3.63) is 88.3 Å². The lowest BCUT2D eigenvalue weighted by Crippen LogP contribution is -2.42. The number of rotatable bonds is 13. The molecule has 0 atom stereocenters. The van der Waals surface area contributed by atoms with E-state index in [4.69, 9.17) is 19.2 Å². The van der Waals surface area contributed by atoms with Crippen LogP contribution in [0.5, 0.6) is 11.5 Å². The molecule has 0 saturated carbocycles. The fraction of sp³-hybridized carbons (Fsp3) is 0.429. The quantitative estimate of drug-likeness (QED) is 0.113. The molecule has 300 valence electrons. The third-order valence-corrected chi connectivity index (χ3v) is 10.9. The van der Waals surface area contributed by atoms with Gasteiger partial charge in [0.1, 0.15) is 19.0 Å². The zero-order chi connectivity index (χ0) is 39.3. The minimum Gasteiger partial charge on any atom is -0.484 e. The van der Waals surface area contributed by atoms with Gasteiger partial charge in [-0.2, -0.15) is 5.10 Å². The van der Waals surface area contributed by atoms with Gasteiger partial charge in [0.05, 0.1) is 17.3 Å². The van der Waals surface area contributed by atoms with E-state index in [2.05, 4.69) is 42.3 Å². The number of nitrogens with one attached hydrogen (secondary N) is 5. The summed E-state index contributed by atoms with van der Waals surface area (Å²) in [6.45, 7) is 11.5. The maximum atomic E-state index is 15.2. The molecule has 3 aliphatic rings. The first-order valence-corrected chi connectivity index (χ1v) is 20.0. The summed E-state index contributed by atoms with van der Waals surface area (Å²) >= 11 is 0. The first-order valence-electron chi connectivity index (χ1n) is 20.0. The van der Waals surface area contributed by atoms with Crippen molar-refractivity contribution in [2.45, 2.75) is 65.3 Å². The minimum absolute atomic E-state index is 0.0731. The Kier molecular flexibility index (Phi) is 11.7. The van der Waals surface area contributed by atoms with Gasteiger partial charge in [-0.1, -0.05) is 31.2 Å². The topological polar surface area (TPSA) is 160 Å². The van der Waals surface area contributed by atoms with E-state index in [-0.39, 0.29) is 61.0 Å². The first kappa shape index (κ1) is 38.4. The molecule has 3 aromatic heterocycles. The van der Waals surface area contributed by atoms with Gasteiger partial charge in [-0.3, -0.25) is 14.5 Å². The van der Waals surface area contributed by atoms with Gasteiger partial charge in [0.2, 0.25) is 0 Å². The van der Waals surface area contributed by atoms with Crippen molar-refractivity contribution in [2.75, 3.05) is 57.9 Å². The third kappa shape index (κ3) is 8.31. The number of H-pyrrole nitrogens is 1. The number of piperazine rings is 1. The number of fused-ring (bicyclic) bond motifs is 2. The molecule has 5 N–H and O–H groups in total. The fourth-order valence-electron chi connectivity index (χ4n) is 7.84. The van der Waals surface area contributed by atoms with Crippen molar-refractivity contribution in [3.63, 3.8) is 0 Å². The van der Waals surface area contributed by atoms with E-state index in [0.29, 0.717) is 31.7 Å². The summed E-state index contributed by atoms with van der Waals surface area (Å²) < 4.78 is 34.5. The largest absolute Gasteiger partial charge is 0.484 e. The number of nitrogens with zero attached hydrogens (tertiary/aromatic N) is 4. The van der Waals surface area contributed by atoms with Crippen LogP contribution in [-0.2, 0) is 37.3 Å². The van der Waals surface area contributed by atoms with Crippen LogP contribution >= 0.6 is 0 Å². The zero-order valence-electron chi connectivity index (χ0n) is 32.5. The average Bonchev–Trinajstić information content (AvgIpc) is 3.85. The Labute approximate surface area is 330 Å². The molecule has 57 heavy (non-hydrogen) atoms. The second kappa shape index (κ2) is 17.3. The molecule has 0 unspecified atom stereocenters. The van der Waals surface area contributed by atoms with Crippen LogP contribution in [-0.4, -0.2) is 95.1 Å². The molecule has 2 amide bonds. The number of aryl methyl sites for hydroxylation is 2. The highest BCUT2D eigenvalue weighted by atomic mass is 19.1. The first-order chi connectivity index (χ1) is 27.9. The molecule has 2 fully saturated rings. The number of ether oxygens (including phenoxy) is 3. The highest BCUT2D eigenvalue weighted by Gasteiger charge is 2.31. The van der Waals surface area contributed by atoms with Crippen molar-refractivity contribution >= 4 is 28.5 Å². The number of carbonyl (C=O) groups is 2. The maximum Gasteiger partial charge on any atom is 0.272 e. The summed E-state index contributed by atoms with van der Waals surface area (Å²) in [5, 5.41) is 18.6. The van der Waals surface area contributed by atoms with Gasteiger partial charge in [0.15, 0.2) is 28.5 Å². The SMILES string of the molecule is CCc1nc2c(cnn2CC)c(NC2CCOCC2)c1CNC(=O)c1[nH]c(C(=O)NCc2ccc(F)c(-c3cccc(CN4CCNCC4)c3)c2)c2c1OCCO2. The molecule has 0 spiro atoms. The lowest BCUT2D eigenvalue weighted by molar-refractivity contribution is 0.0904. The van der Waals surface area contributed by atoms with Gasteiger partial charge in [0.25, 0.3) is 11.8 Å². The number of aromatic amines is 1. The smallest absolute Gasteiger partial charge is 0.272 e. The molecule has 8 rings (SSSR count). The molecule has 6 heterocycles. The lowest BCUT2D eigenvalue weighted by Gasteiger charge is -2.27. The normalized spacial score (nSPS) is 16.1. The standard InChI is InChI=1S/C42H50FN9O5/c1-3-34-31(35(48-29-10-16-55-17-11-29)32-24-47-52(4-2)40(32)49-34)23-46-42(54)37-39-38(56-18-19-57-39)36(50-37)41(53)45-22-26-8-9-33(43)30(21-26)28-7-5-6-27(20-28)25-51-14-12-44-13-15-51/h5-9,20-21,24,29,44,50H,3-4,10-19,22-23,25H2,1-2H3,(H,45,53)(H,46,54)(H,48,49). The van der Waals surface area contributed by atoms with E-state index in [1.54, 1.807) is 12.1 Å². The summed E-state index contributed by atoms with van der Waals surface area (Å²) in [5.74, 6) is -0.924. The van der Waals surface area contributed by atoms with Crippen molar-refractivity contribution in [3.8, 4) is 22.6 Å². The minimum atomic E-state index is -0.488. The van der Waals surface area contributed by atoms with Crippen LogP contribution in [0.25, 0.3) is 22.2 Å². The predicted octanol–water partition coefficient (Wildman–Crippen LogP) is 4.78. The van der Waals surface area contributed by atoms with Gasteiger partial charge < -0.3 is 40.5 Å². The van der Waals surface area contributed by atoms with E-state index in [0.717, 1.165) is 90.2 Å². The van der Waals surface area contributed by atoms with E-state index >= 15 is 4.39 Å². The number of amides is 2. The molecular formula is C42H50FN9O5. The Bertz CT molecular complexity index is 2240. The molecular weight excluding hydrogens is 730 g/mol. The Morgan fingerprint density at radius 3 is 2.37 bits per heavy atom. The van der Waals surface area contributed by atoms with Crippen LogP contribution in [0.1, 0.15) is 70.1 Å². The number of hydrogen-bond acceptors (Lipinski definition) is 10. The van der Waals surface area contributed by atoms with Crippen LogP contribution in [0.4, 0.5) is 10.1 Å². The average molecular weight is 780 g/mol. The van der Waals surface area contributed by atoms with Crippen LogP contribution in [0, 0.1) is 5.82 Å². The van der Waals surface area contributed by atoms with Crippen LogP contribution in [0.3, 0.4) is 0 Å².